The van der Waals surface area contributed by atoms with E-state index in [0.29, 0.717) is 11.3 Å². The van der Waals surface area contributed by atoms with Gasteiger partial charge in [-0.2, -0.15) is 0 Å². The largest absolute Gasteiger partial charge is 0.397 e. The second kappa shape index (κ2) is 14.8. The molecule has 5 aromatic carbocycles. The SMILES string of the molecule is Cc1ccc(C(=O)N/C(=C\Nc2ccccc2N)[P+](c2ccccc2)(c2ccccc2)c2ccccc2)cc1.[O-][Cl+3]([O-])([O-])[O-]. The molecule has 0 aliphatic heterocycles. The van der Waals surface area contributed by atoms with E-state index in [1.165, 1.54) is 0 Å². The van der Waals surface area contributed by atoms with Crippen molar-refractivity contribution >= 4 is 40.5 Å². The molecule has 224 valence electrons. The summed E-state index contributed by atoms with van der Waals surface area (Å²) in [6, 6.07) is 46.5. The molecule has 1 amide bonds. The summed E-state index contributed by atoms with van der Waals surface area (Å²) in [6.07, 6.45) is 1.92. The van der Waals surface area contributed by atoms with Crippen LogP contribution < -0.4 is 50.9 Å². The van der Waals surface area contributed by atoms with Crippen LogP contribution in [0.4, 0.5) is 11.4 Å². The second-order valence-electron chi connectivity index (χ2n) is 9.64. The highest BCUT2D eigenvalue weighted by molar-refractivity contribution is 7.99. The van der Waals surface area contributed by atoms with Crippen LogP contribution in [0.2, 0.25) is 0 Å². The Morgan fingerprint density at radius 2 is 1.07 bits per heavy atom. The van der Waals surface area contributed by atoms with Crippen LogP contribution in [-0.4, -0.2) is 5.91 Å². The van der Waals surface area contributed by atoms with Crippen molar-refractivity contribution in [2.75, 3.05) is 11.1 Å². The summed E-state index contributed by atoms with van der Waals surface area (Å²) < 4.78 is 34.0. The predicted molar refractivity (Wildman–Crippen MR) is 166 cm³/mol. The normalized spacial score (nSPS) is 11.6. The average Bonchev–Trinajstić information content (AvgIpc) is 3.02. The van der Waals surface area contributed by atoms with E-state index < -0.39 is 17.5 Å². The Morgan fingerprint density at radius 1 is 0.659 bits per heavy atom. The Morgan fingerprint density at radius 3 is 1.50 bits per heavy atom. The Balaban J connectivity index is 0.000000818. The first-order valence-corrected chi connectivity index (χ1v) is 16.5. The summed E-state index contributed by atoms with van der Waals surface area (Å²) >= 11 is 0. The molecule has 0 fully saturated rings. The number of rotatable bonds is 8. The minimum atomic E-state index is -4.94. The Labute approximate surface area is 259 Å². The number of carbonyl (C=O) groups excluding carboxylic acids is 1. The van der Waals surface area contributed by atoms with E-state index in [4.69, 9.17) is 24.4 Å². The summed E-state index contributed by atoms with van der Waals surface area (Å²) in [6.45, 7) is 2.01. The standard InChI is InChI=1S/C34H30N3OP.ClHO4/c1-26-21-23-27(24-22-26)34(38)37-33(25-36-32-20-12-11-19-31(32)35)39(28-13-5-2-6-14-28,29-15-7-3-8-16-29)30-17-9-4-10-18-30;2-1(3,4)5/h2-25,36H,35H2,1H3;(H,2,3,4,5)/b33-25+;. The smallest absolute Gasteiger partial charge is 0.258 e. The number of para-hydroxylation sites is 2. The van der Waals surface area contributed by atoms with E-state index in [-0.39, 0.29) is 5.91 Å². The lowest BCUT2D eigenvalue weighted by atomic mass is 10.1. The molecule has 8 nitrogen and oxygen atoms in total. The monoisotopic (exact) mass is 627 g/mol. The molecule has 5 rings (SSSR count). The van der Waals surface area contributed by atoms with E-state index in [0.717, 1.165) is 32.6 Å². The molecule has 44 heavy (non-hydrogen) atoms. The van der Waals surface area contributed by atoms with Gasteiger partial charge in [0.05, 0.1) is 17.6 Å². The third-order valence-corrected chi connectivity index (χ3v) is 10.9. The molecule has 5 aromatic rings. The maximum absolute atomic E-state index is 13.8. The molecule has 0 radical (unpaired) electrons. The molecule has 0 unspecified atom stereocenters. The van der Waals surface area contributed by atoms with Crippen molar-refractivity contribution in [2.24, 2.45) is 0 Å². The fourth-order valence-electron chi connectivity index (χ4n) is 4.70. The van der Waals surface area contributed by atoms with Gasteiger partial charge in [0.1, 0.15) is 15.9 Å². The number of aryl methyl sites for hydroxylation is 1. The summed E-state index contributed by atoms with van der Waals surface area (Å²) in [4.78, 5) is 13.8. The van der Waals surface area contributed by atoms with Gasteiger partial charge < -0.3 is 11.1 Å². The topological polar surface area (TPSA) is 159 Å². The zero-order chi connectivity index (χ0) is 31.6. The zero-order valence-electron chi connectivity index (χ0n) is 23.8. The fourth-order valence-corrected chi connectivity index (χ4v) is 8.82. The van der Waals surface area contributed by atoms with Crippen LogP contribution in [0.5, 0.6) is 0 Å². The third kappa shape index (κ3) is 8.30. The van der Waals surface area contributed by atoms with E-state index in [1.807, 2.05) is 79.9 Å². The number of amides is 1. The maximum Gasteiger partial charge on any atom is 0.258 e. The molecular formula is C34H31ClN3O5P. The molecule has 4 N–H and O–H groups in total. The molecule has 0 aliphatic rings. The van der Waals surface area contributed by atoms with Crippen LogP contribution in [0.15, 0.2) is 151 Å². The number of nitrogens with two attached hydrogens (primary N) is 1. The number of anilines is 2. The van der Waals surface area contributed by atoms with Crippen LogP contribution in [0, 0.1) is 17.2 Å². The van der Waals surface area contributed by atoms with Gasteiger partial charge in [0.15, 0.2) is 12.7 Å². The number of benzene rings is 5. The van der Waals surface area contributed by atoms with Crippen LogP contribution >= 0.6 is 7.26 Å². The molecule has 0 aromatic heterocycles. The highest BCUT2D eigenvalue weighted by Gasteiger charge is 2.50. The van der Waals surface area contributed by atoms with E-state index in [9.17, 15) is 4.79 Å². The minimum Gasteiger partial charge on any atom is -0.397 e. The summed E-state index contributed by atoms with van der Waals surface area (Å²) in [5.41, 5.74) is 10.2. The second-order valence-corrected chi connectivity index (χ2v) is 13.8. The summed E-state index contributed by atoms with van der Waals surface area (Å²) in [7, 11) is -7.52. The van der Waals surface area contributed by atoms with Crippen molar-refractivity contribution in [3.63, 3.8) is 0 Å². The maximum atomic E-state index is 13.8. The average molecular weight is 628 g/mol. The van der Waals surface area contributed by atoms with Crippen LogP contribution in [0.1, 0.15) is 15.9 Å². The van der Waals surface area contributed by atoms with E-state index >= 15 is 0 Å². The number of hydrogen-bond donors (Lipinski definition) is 3. The van der Waals surface area contributed by atoms with Gasteiger partial charge in [-0.15, -0.1) is 10.2 Å². The Hall–Kier alpha value is -4.53. The van der Waals surface area contributed by atoms with Crippen molar-refractivity contribution in [3.8, 4) is 0 Å². The van der Waals surface area contributed by atoms with Crippen LogP contribution in [0.25, 0.3) is 0 Å². The van der Waals surface area contributed by atoms with Crippen molar-refractivity contribution in [2.45, 2.75) is 6.92 Å². The molecule has 0 spiro atoms. The van der Waals surface area contributed by atoms with E-state index in [2.05, 4.69) is 83.4 Å². The zero-order valence-corrected chi connectivity index (χ0v) is 25.5. The lowest BCUT2D eigenvalue weighted by Gasteiger charge is -2.29. The molecule has 0 bridgehead atoms. The first-order valence-electron chi connectivity index (χ1n) is 13.5. The number of hydrogen-bond acceptors (Lipinski definition) is 7. The lowest BCUT2D eigenvalue weighted by molar-refractivity contribution is -2.00. The third-order valence-electron chi connectivity index (χ3n) is 6.67. The minimum absolute atomic E-state index is 0.170. The Bertz CT molecular complexity index is 1580. The van der Waals surface area contributed by atoms with Gasteiger partial charge in [-0.25, -0.2) is 18.6 Å². The molecule has 0 aliphatic carbocycles. The van der Waals surface area contributed by atoms with Gasteiger partial charge in [0.25, 0.3) is 5.91 Å². The lowest BCUT2D eigenvalue weighted by Crippen LogP contribution is -2.68. The number of carbonyl (C=O) groups is 1. The molecule has 0 saturated carbocycles. The van der Waals surface area contributed by atoms with Gasteiger partial charge >= 0.3 is 0 Å². The van der Waals surface area contributed by atoms with Crippen molar-refractivity contribution < 1.29 is 33.7 Å². The van der Waals surface area contributed by atoms with Crippen LogP contribution in [-0.2, 0) is 0 Å². The van der Waals surface area contributed by atoms with Crippen molar-refractivity contribution in [1.82, 2.24) is 5.32 Å². The van der Waals surface area contributed by atoms with Gasteiger partial charge in [-0.1, -0.05) is 84.4 Å². The first-order chi connectivity index (χ1) is 21.1. The molecule has 0 heterocycles. The molecular weight excluding hydrogens is 597 g/mol. The van der Waals surface area contributed by atoms with Crippen molar-refractivity contribution in [3.05, 3.63) is 162 Å². The first kappa shape index (κ1) is 32.4. The van der Waals surface area contributed by atoms with Crippen molar-refractivity contribution in [1.29, 1.82) is 0 Å². The highest BCUT2D eigenvalue weighted by Crippen LogP contribution is 2.61. The number of halogens is 1. The summed E-state index contributed by atoms with van der Waals surface area (Å²) in [5, 5.41) is 10.1. The van der Waals surface area contributed by atoms with Gasteiger partial charge in [0, 0.05) is 5.56 Å². The number of nitrogen functional groups attached to an aromatic ring is 1. The quantitative estimate of drug-likeness (QED) is 0.173. The highest BCUT2D eigenvalue weighted by atomic mass is 35.7. The number of nitrogens with one attached hydrogen (secondary N) is 2. The van der Waals surface area contributed by atoms with Gasteiger partial charge in [-0.3, -0.25) is 10.1 Å². The Kier molecular flexibility index (Phi) is 10.9. The van der Waals surface area contributed by atoms with E-state index in [1.54, 1.807) is 0 Å². The molecule has 0 atom stereocenters. The van der Waals surface area contributed by atoms with Gasteiger partial charge in [0.2, 0.25) is 0 Å². The predicted octanol–water partition coefficient (Wildman–Crippen LogP) is 1.46. The molecule has 0 saturated heterocycles. The van der Waals surface area contributed by atoms with Crippen LogP contribution in [0.3, 0.4) is 0 Å². The summed E-state index contributed by atoms with van der Waals surface area (Å²) in [5.74, 6) is -0.170. The fraction of sp³-hybridized carbons (Fsp3) is 0.0294. The van der Waals surface area contributed by atoms with Gasteiger partial charge in [-0.05, 0) is 67.6 Å². The molecule has 10 heteroatoms.